The molecule has 0 saturated carbocycles. The summed E-state index contributed by atoms with van der Waals surface area (Å²) in [6.07, 6.45) is 4.04. The van der Waals surface area contributed by atoms with Crippen LogP contribution < -0.4 is 0 Å². The highest BCUT2D eigenvalue weighted by Gasteiger charge is 2.32. The summed E-state index contributed by atoms with van der Waals surface area (Å²) in [5.74, 6) is 0. The van der Waals surface area contributed by atoms with Crippen LogP contribution in [0.1, 0.15) is 25.7 Å². The number of rotatable bonds is 3. The fourth-order valence-electron chi connectivity index (χ4n) is 2.17. The third kappa shape index (κ3) is 3.10. The van der Waals surface area contributed by atoms with E-state index in [1.165, 1.54) is 0 Å². The van der Waals surface area contributed by atoms with Gasteiger partial charge in [0.1, 0.15) is 4.21 Å². The summed E-state index contributed by atoms with van der Waals surface area (Å²) < 4.78 is 27.7. The van der Waals surface area contributed by atoms with E-state index >= 15 is 0 Å². The van der Waals surface area contributed by atoms with Crippen molar-refractivity contribution >= 4 is 48.9 Å². The van der Waals surface area contributed by atoms with Crippen molar-refractivity contribution in [2.75, 3.05) is 11.9 Å². The normalized spacial score (nSPS) is 22.9. The van der Waals surface area contributed by atoms with Crippen molar-refractivity contribution in [3.63, 3.8) is 0 Å². The van der Waals surface area contributed by atoms with E-state index in [0.717, 1.165) is 37.0 Å². The Morgan fingerprint density at radius 2 is 2.17 bits per heavy atom. The van der Waals surface area contributed by atoms with Gasteiger partial charge in [-0.25, -0.2) is 8.42 Å². The van der Waals surface area contributed by atoms with Crippen LogP contribution in [0.4, 0.5) is 0 Å². The van der Waals surface area contributed by atoms with Gasteiger partial charge in [-0.3, -0.25) is 0 Å². The molecule has 0 aromatic carbocycles. The van der Waals surface area contributed by atoms with Gasteiger partial charge in [-0.2, -0.15) is 4.31 Å². The van der Waals surface area contributed by atoms with Crippen molar-refractivity contribution < 1.29 is 8.42 Å². The van der Waals surface area contributed by atoms with Crippen molar-refractivity contribution in [3.05, 3.63) is 16.5 Å². The van der Waals surface area contributed by atoms with Gasteiger partial charge in [-0.05, 0) is 25.0 Å². The first kappa shape index (κ1) is 14.8. The number of alkyl halides is 1. The molecule has 0 radical (unpaired) electrons. The topological polar surface area (TPSA) is 37.4 Å². The highest BCUT2D eigenvalue weighted by atomic mass is 79.9. The van der Waals surface area contributed by atoms with Crippen LogP contribution >= 0.6 is 38.9 Å². The third-order valence-electron chi connectivity index (χ3n) is 3.11. The highest BCUT2D eigenvalue weighted by molar-refractivity contribution is 9.09. The molecule has 1 saturated heterocycles. The SMILES string of the molecule is O=S(=O)(c1ccc(Cl)s1)N1CCCCCC1CBr. The monoisotopic (exact) mass is 371 g/mol. The lowest BCUT2D eigenvalue weighted by Gasteiger charge is -2.27. The molecule has 18 heavy (non-hydrogen) atoms. The molecule has 1 aromatic heterocycles. The van der Waals surface area contributed by atoms with Gasteiger partial charge >= 0.3 is 0 Å². The van der Waals surface area contributed by atoms with Crippen LogP contribution in [-0.4, -0.2) is 30.6 Å². The molecule has 1 aliphatic heterocycles. The number of nitrogens with zero attached hydrogens (tertiary/aromatic N) is 1. The summed E-state index contributed by atoms with van der Waals surface area (Å²) >= 11 is 10.4. The predicted octanol–water partition coefficient (Wildman–Crippen LogP) is 3.73. The summed E-state index contributed by atoms with van der Waals surface area (Å²) in [5, 5.41) is 0.686. The van der Waals surface area contributed by atoms with Gasteiger partial charge in [-0.15, -0.1) is 11.3 Å². The van der Waals surface area contributed by atoms with Crippen LogP contribution in [0.25, 0.3) is 0 Å². The van der Waals surface area contributed by atoms with E-state index in [9.17, 15) is 8.42 Å². The van der Waals surface area contributed by atoms with Crippen molar-refractivity contribution in [2.24, 2.45) is 0 Å². The molecular weight excluding hydrogens is 358 g/mol. The number of hydrogen-bond donors (Lipinski definition) is 0. The number of sulfonamides is 1. The summed E-state index contributed by atoms with van der Waals surface area (Å²) in [6.45, 7) is 0.605. The maximum absolute atomic E-state index is 12.6. The van der Waals surface area contributed by atoms with Gasteiger partial charge in [0.15, 0.2) is 0 Å². The Kier molecular flexibility index (Phi) is 5.11. The Balaban J connectivity index is 2.32. The van der Waals surface area contributed by atoms with Crippen LogP contribution in [0.15, 0.2) is 16.3 Å². The molecule has 2 heterocycles. The minimum atomic E-state index is -3.39. The Hall–Kier alpha value is 0.380. The molecule has 0 amide bonds. The first-order valence-corrected chi connectivity index (χ1v) is 9.64. The molecule has 0 N–H and O–H groups in total. The molecule has 1 unspecified atom stereocenters. The molecule has 1 aliphatic rings. The zero-order valence-corrected chi connectivity index (χ0v) is 13.8. The van der Waals surface area contributed by atoms with Gasteiger partial charge in [0, 0.05) is 17.9 Å². The van der Waals surface area contributed by atoms with E-state index in [1.54, 1.807) is 16.4 Å². The van der Waals surface area contributed by atoms with Gasteiger partial charge in [0.2, 0.25) is 0 Å². The Morgan fingerprint density at radius 1 is 1.39 bits per heavy atom. The molecule has 1 aromatic rings. The Labute approximate surface area is 125 Å². The Bertz CT molecular complexity index is 503. The fourth-order valence-corrected chi connectivity index (χ4v) is 6.34. The maximum Gasteiger partial charge on any atom is 0.252 e. The minimum absolute atomic E-state index is 0.0541. The number of thiophene rings is 1. The van der Waals surface area contributed by atoms with Crippen LogP contribution in [-0.2, 0) is 10.0 Å². The molecule has 102 valence electrons. The van der Waals surface area contributed by atoms with E-state index in [2.05, 4.69) is 15.9 Å². The van der Waals surface area contributed by atoms with E-state index in [-0.39, 0.29) is 6.04 Å². The smallest absolute Gasteiger partial charge is 0.206 e. The first-order chi connectivity index (χ1) is 8.55. The zero-order valence-electron chi connectivity index (χ0n) is 9.81. The van der Waals surface area contributed by atoms with Crippen molar-refractivity contribution in [1.82, 2.24) is 4.31 Å². The van der Waals surface area contributed by atoms with Crippen LogP contribution in [0.2, 0.25) is 4.34 Å². The molecule has 1 atom stereocenters. The molecule has 0 spiro atoms. The third-order valence-corrected chi connectivity index (χ3v) is 7.51. The van der Waals surface area contributed by atoms with Crippen LogP contribution in [0.3, 0.4) is 0 Å². The molecule has 1 fully saturated rings. The second-order valence-corrected chi connectivity index (χ2v) is 8.81. The lowest BCUT2D eigenvalue weighted by molar-refractivity contribution is 0.348. The summed E-state index contributed by atoms with van der Waals surface area (Å²) in [7, 11) is -3.39. The fraction of sp³-hybridized carbons (Fsp3) is 0.636. The maximum atomic E-state index is 12.6. The van der Waals surface area contributed by atoms with E-state index in [4.69, 9.17) is 11.6 Å². The van der Waals surface area contributed by atoms with E-state index < -0.39 is 10.0 Å². The Morgan fingerprint density at radius 3 is 2.78 bits per heavy atom. The molecule has 0 bridgehead atoms. The molecule has 3 nitrogen and oxygen atoms in total. The van der Waals surface area contributed by atoms with Crippen LogP contribution in [0, 0.1) is 0 Å². The second-order valence-electron chi connectivity index (χ2n) is 4.33. The molecule has 7 heteroatoms. The largest absolute Gasteiger partial charge is 0.252 e. The van der Waals surface area contributed by atoms with Gasteiger partial charge < -0.3 is 0 Å². The van der Waals surface area contributed by atoms with Crippen molar-refractivity contribution in [2.45, 2.75) is 35.9 Å². The first-order valence-electron chi connectivity index (χ1n) is 5.89. The van der Waals surface area contributed by atoms with Gasteiger partial charge in [-0.1, -0.05) is 40.4 Å². The zero-order chi connectivity index (χ0) is 13.2. The van der Waals surface area contributed by atoms with Gasteiger partial charge in [0.05, 0.1) is 4.34 Å². The summed E-state index contributed by atoms with van der Waals surface area (Å²) in [6, 6.07) is 3.29. The summed E-state index contributed by atoms with van der Waals surface area (Å²) in [4.78, 5) is 0. The molecular formula is C11H15BrClNO2S2. The minimum Gasteiger partial charge on any atom is -0.206 e. The lowest BCUT2D eigenvalue weighted by Crippen LogP contribution is -2.40. The van der Waals surface area contributed by atoms with E-state index in [1.807, 2.05) is 0 Å². The van der Waals surface area contributed by atoms with Gasteiger partial charge in [0.25, 0.3) is 10.0 Å². The number of hydrogen-bond acceptors (Lipinski definition) is 3. The second kappa shape index (κ2) is 6.22. The highest BCUT2D eigenvalue weighted by Crippen LogP contribution is 2.31. The average molecular weight is 373 g/mol. The van der Waals surface area contributed by atoms with E-state index in [0.29, 0.717) is 20.4 Å². The molecule has 0 aliphatic carbocycles. The summed E-state index contributed by atoms with van der Waals surface area (Å²) in [5.41, 5.74) is 0. The lowest BCUT2D eigenvalue weighted by atomic mass is 10.1. The van der Waals surface area contributed by atoms with Crippen molar-refractivity contribution in [3.8, 4) is 0 Å². The average Bonchev–Trinajstić information content (AvgIpc) is 2.65. The molecule has 2 rings (SSSR count). The van der Waals surface area contributed by atoms with Crippen LogP contribution in [0.5, 0.6) is 0 Å². The standard InChI is InChI=1S/C11H15BrClNO2S2/c12-8-9-4-2-1-3-7-14(9)18(15,16)11-6-5-10(13)17-11/h5-6,9H,1-4,7-8H2. The van der Waals surface area contributed by atoms with Crippen molar-refractivity contribution in [1.29, 1.82) is 0 Å². The predicted molar refractivity (Wildman–Crippen MR) is 79.3 cm³/mol. The quantitative estimate of drug-likeness (QED) is 0.758. The number of halogens is 2.